The number of anilines is 2. The Kier molecular flexibility index (Phi) is 5.85. The fourth-order valence-corrected chi connectivity index (χ4v) is 3.00. The van der Waals surface area contributed by atoms with Crippen LogP contribution in [-0.4, -0.2) is 29.0 Å². The zero-order valence-electron chi connectivity index (χ0n) is 15.7. The highest BCUT2D eigenvalue weighted by atomic mass is 35.5. The molecule has 1 fully saturated rings. The zero-order chi connectivity index (χ0) is 19.7. The highest BCUT2D eigenvalue weighted by molar-refractivity contribution is 6.32. The van der Waals surface area contributed by atoms with Crippen LogP contribution in [0.5, 0.6) is 0 Å². The van der Waals surface area contributed by atoms with Crippen molar-refractivity contribution in [3.8, 4) is 0 Å². The van der Waals surface area contributed by atoms with Crippen molar-refractivity contribution in [2.45, 2.75) is 52.6 Å². The van der Waals surface area contributed by atoms with E-state index in [9.17, 15) is 9.59 Å². The van der Waals surface area contributed by atoms with Crippen molar-refractivity contribution in [3.05, 3.63) is 22.7 Å². The van der Waals surface area contributed by atoms with E-state index in [-0.39, 0.29) is 18.4 Å². The third kappa shape index (κ3) is 3.95. The maximum absolute atomic E-state index is 13.0. The molecule has 144 valence electrons. The lowest BCUT2D eigenvalue weighted by Crippen LogP contribution is -2.52. The molecule has 1 amide bonds. The Bertz CT molecular complexity index is 717. The molecule has 0 radical (unpaired) electrons. The number of halogens is 1. The van der Waals surface area contributed by atoms with Gasteiger partial charge in [0, 0.05) is 23.7 Å². The number of nitrogens with two attached hydrogens (primary N) is 2. The lowest BCUT2D eigenvalue weighted by atomic mass is 9.97. The zero-order valence-corrected chi connectivity index (χ0v) is 16.4. The smallest absolute Gasteiger partial charge is 0.330 e. The summed E-state index contributed by atoms with van der Waals surface area (Å²) in [5.41, 5.74) is 11.5. The van der Waals surface area contributed by atoms with Crippen molar-refractivity contribution in [3.63, 3.8) is 0 Å². The van der Waals surface area contributed by atoms with E-state index in [0.29, 0.717) is 34.9 Å². The molecular formula is C18H27ClN4O3. The first-order valence-electron chi connectivity index (χ1n) is 8.59. The summed E-state index contributed by atoms with van der Waals surface area (Å²) in [6.07, 6.45) is 1.30. The quantitative estimate of drug-likeness (QED) is 0.690. The highest BCUT2D eigenvalue weighted by Crippen LogP contribution is 2.34. The van der Waals surface area contributed by atoms with E-state index in [0.717, 1.165) is 6.42 Å². The molecule has 1 aliphatic rings. The van der Waals surface area contributed by atoms with E-state index in [1.54, 1.807) is 39.8 Å². The molecule has 2 rings (SSSR count). The second-order valence-corrected chi connectivity index (χ2v) is 8.16. The molecule has 0 bridgehead atoms. The number of hydrogen-bond acceptors (Lipinski definition) is 6. The molecule has 0 unspecified atom stereocenters. The second-order valence-electron chi connectivity index (χ2n) is 7.75. The number of hydroxylamine groups is 2. The standard InChI is InChI=1S/C18H27ClN4O3/c1-17(2,3)16(25)26-23-9-5-8-18(23,4)15(24)22-13-7-6-12(19)11(10-20)14(13)21/h6-7H,5,8-10,20-21H2,1-4H3,(H,22,24)/t18-/m0/s1. The maximum Gasteiger partial charge on any atom is 0.330 e. The van der Waals surface area contributed by atoms with Crippen molar-refractivity contribution >= 4 is 34.9 Å². The third-order valence-corrected chi connectivity index (χ3v) is 4.98. The van der Waals surface area contributed by atoms with Crippen LogP contribution in [0.2, 0.25) is 5.02 Å². The first-order valence-corrected chi connectivity index (χ1v) is 8.97. The Hall–Kier alpha value is -1.83. The minimum absolute atomic E-state index is 0.168. The van der Waals surface area contributed by atoms with Crippen molar-refractivity contribution in [1.29, 1.82) is 0 Å². The minimum Gasteiger partial charge on any atom is -0.397 e. The lowest BCUT2D eigenvalue weighted by Gasteiger charge is -2.33. The normalized spacial score (nSPS) is 20.8. The number of rotatable bonds is 4. The molecule has 7 nitrogen and oxygen atoms in total. The number of benzene rings is 1. The average molecular weight is 383 g/mol. The Morgan fingerprint density at radius 2 is 2.04 bits per heavy atom. The van der Waals surface area contributed by atoms with Crippen LogP contribution in [-0.2, 0) is 21.0 Å². The second kappa shape index (κ2) is 7.42. The van der Waals surface area contributed by atoms with E-state index in [1.165, 1.54) is 5.06 Å². The number of nitrogen functional groups attached to an aromatic ring is 1. The molecule has 1 aromatic rings. The summed E-state index contributed by atoms with van der Waals surface area (Å²) in [4.78, 5) is 30.7. The minimum atomic E-state index is -0.976. The van der Waals surface area contributed by atoms with Crippen molar-refractivity contribution in [2.24, 2.45) is 11.1 Å². The number of hydrogen-bond donors (Lipinski definition) is 3. The van der Waals surface area contributed by atoms with Gasteiger partial charge in [-0.1, -0.05) is 11.6 Å². The van der Waals surface area contributed by atoms with Gasteiger partial charge in [-0.3, -0.25) is 4.79 Å². The van der Waals surface area contributed by atoms with Gasteiger partial charge in [-0.25, -0.2) is 4.79 Å². The topological polar surface area (TPSA) is 111 Å². The fraction of sp³-hybridized carbons (Fsp3) is 0.556. The summed E-state index contributed by atoms with van der Waals surface area (Å²) in [6, 6.07) is 3.28. The molecular weight excluding hydrogens is 356 g/mol. The van der Waals surface area contributed by atoms with Crippen LogP contribution in [0.4, 0.5) is 11.4 Å². The first kappa shape index (κ1) is 20.5. The largest absolute Gasteiger partial charge is 0.397 e. The molecule has 8 heteroatoms. The van der Waals surface area contributed by atoms with Crippen molar-refractivity contribution < 1.29 is 14.4 Å². The van der Waals surface area contributed by atoms with E-state index < -0.39 is 11.0 Å². The van der Waals surface area contributed by atoms with Crippen LogP contribution in [0.3, 0.4) is 0 Å². The fourth-order valence-electron chi connectivity index (χ4n) is 2.76. The summed E-state index contributed by atoms with van der Waals surface area (Å²) in [7, 11) is 0. The van der Waals surface area contributed by atoms with Crippen LogP contribution in [0.15, 0.2) is 12.1 Å². The molecule has 26 heavy (non-hydrogen) atoms. The third-order valence-electron chi connectivity index (χ3n) is 4.62. The Labute approximate surface area is 158 Å². The van der Waals surface area contributed by atoms with E-state index >= 15 is 0 Å². The molecule has 1 aromatic carbocycles. The number of nitrogens with one attached hydrogen (secondary N) is 1. The summed E-state index contributed by atoms with van der Waals surface area (Å²) >= 11 is 6.08. The molecule has 0 spiro atoms. The van der Waals surface area contributed by atoms with Crippen LogP contribution in [0.1, 0.15) is 46.1 Å². The molecule has 1 aliphatic heterocycles. The summed E-state index contributed by atoms with van der Waals surface area (Å²) in [6.45, 7) is 7.72. The molecule has 1 atom stereocenters. The van der Waals surface area contributed by atoms with Crippen LogP contribution >= 0.6 is 11.6 Å². The Morgan fingerprint density at radius 3 is 2.62 bits per heavy atom. The molecule has 1 heterocycles. The van der Waals surface area contributed by atoms with E-state index in [1.807, 2.05) is 0 Å². The van der Waals surface area contributed by atoms with Crippen LogP contribution in [0, 0.1) is 5.41 Å². The molecule has 0 aliphatic carbocycles. The maximum atomic E-state index is 13.0. The Balaban J connectivity index is 2.21. The van der Waals surface area contributed by atoms with Crippen molar-refractivity contribution in [1.82, 2.24) is 5.06 Å². The predicted octanol–water partition coefficient (Wildman–Crippen LogP) is 2.68. The molecule has 0 saturated carbocycles. The van der Waals surface area contributed by atoms with Gasteiger partial charge < -0.3 is 21.6 Å². The molecule has 1 saturated heterocycles. The van der Waals surface area contributed by atoms with Gasteiger partial charge in [-0.2, -0.15) is 0 Å². The van der Waals surface area contributed by atoms with E-state index in [4.69, 9.17) is 27.9 Å². The van der Waals surface area contributed by atoms with Crippen LogP contribution < -0.4 is 16.8 Å². The van der Waals surface area contributed by atoms with Gasteiger partial charge in [0.05, 0.1) is 16.8 Å². The Morgan fingerprint density at radius 1 is 1.38 bits per heavy atom. The summed E-state index contributed by atoms with van der Waals surface area (Å²) < 4.78 is 0. The number of nitrogens with zero attached hydrogens (tertiary/aromatic N) is 1. The number of carbonyl (C=O) groups excluding carboxylic acids is 2. The lowest BCUT2D eigenvalue weighted by molar-refractivity contribution is -0.216. The highest BCUT2D eigenvalue weighted by Gasteiger charge is 2.47. The number of carbonyl (C=O) groups is 2. The van der Waals surface area contributed by atoms with Crippen LogP contribution in [0.25, 0.3) is 0 Å². The molecule has 0 aromatic heterocycles. The average Bonchev–Trinajstić information content (AvgIpc) is 2.92. The van der Waals surface area contributed by atoms with Gasteiger partial charge >= 0.3 is 5.97 Å². The van der Waals surface area contributed by atoms with Gasteiger partial charge in [0.15, 0.2) is 0 Å². The van der Waals surface area contributed by atoms with Gasteiger partial charge in [0.2, 0.25) is 5.91 Å². The summed E-state index contributed by atoms with van der Waals surface area (Å²) in [5, 5.41) is 4.74. The SMILES string of the molecule is CC(C)(C)C(=O)ON1CCC[C@@]1(C)C(=O)Nc1ccc(Cl)c(CN)c1N. The van der Waals surface area contributed by atoms with Gasteiger partial charge in [0.25, 0.3) is 0 Å². The predicted molar refractivity (Wildman–Crippen MR) is 102 cm³/mol. The monoisotopic (exact) mass is 382 g/mol. The van der Waals surface area contributed by atoms with Gasteiger partial charge in [-0.15, -0.1) is 5.06 Å². The first-order chi connectivity index (χ1) is 12.0. The molecule has 5 N–H and O–H groups in total. The number of amides is 1. The summed E-state index contributed by atoms with van der Waals surface area (Å²) in [5.74, 6) is -0.677. The van der Waals surface area contributed by atoms with Gasteiger partial charge in [-0.05, 0) is 52.7 Å². The van der Waals surface area contributed by atoms with Crippen molar-refractivity contribution in [2.75, 3.05) is 17.6 Å². The van der Waals surface area contributed by atoms with E-state index in [2.05, 4.69) is 5.32 Å². The van der Waals surface area contributed by atoms with Gasteiger partial charge in [0.1, 0.15) is 5.54 Å².